The molecule has 4 aliphatic carbocycles. The second kappa shape index (κ2) is 5.81. The predicted octanol–water partition coefficient (Wildman–Crippen LogP) is 5.35. The lowest BCUT2D eigenvalue weighted by atomic mass is 9.49. The number of allylic oxidation sites excluding steroid dienone is 2. The van der Waals surface area contributed by atoms with Crippen LogP contribution in [0.15, 0.2) is 28.8 Å². The Balaban J connectivity index is 1.47. The van der Waals surface area contributed by atoms with Crippen LogP contribution in [0.4, 0.5) is 0 Å². The minimum atomic E-state index is 0.0854. The van der Waals surface area contributed by atoms with Crippen LogP contribution in [0.1, 0.15) is 64.7 Å². The molecule has 25 heavy (non-hydrogen) atoms. The monoisotopic (exact) mass is 339 g/mol. The third kappa shape index (κ3) is 2.10. The van der Waals surface area contributed by atoms with Gasteiger partial charge < -0.3 is 4.74 Å². The fraction of sp³-hybridized carbons (Fsp3) is 0.783. The summed E-state index contributed by atoms with van der Waals surface area (Å²) in [5.41, 5.74) is 3.59. The highest BCUT2D eigenvalue weighted by Gasteiger charge is 2.64. The van der Waals surface area contributed by atoms with Crippen molar-refractivity contribution < 1.29 is 4.74 Å². The molecule has 0 amide bonds. The molecule has 1 heterocycles. The maximum absolute atomic E-state index is 6.44. The van der Waals surface area contributed by atoms with Crippen LogP contribution in [0.3, 0.4) is 0 Å². The molecular formula is C23H33NO. The lowest BCUT2D eigenvalue weighted by Gasteiger charge is -2.57. The lowest BCUT2D eigenvalue weighted by Crippen LogP contribution is -2.53. The molecule has 5 rings (SSSR count). The van der Waals surface area contributed by atoms with Gasteiger partial charge in [-0.1, -0.05) is 24.6 Å². The molecule has 2 nitrogen and oxygen atoms in total. The molecule has 0 aromatic rings. The molecule has 6 atom stereocenters. The van der Waals surface area contributed by atoms with Crippen molar-refractivity contribution in [1.29, 1.82) is 0 Å². The zero-order valence-electron chi connectivity index (χ0n) is 16.0. The van der Waals surface area contributed by atoms with Crippen molar-refractivity contribution in [2.75, 3.05) is 13.7 Å². The average Bonchev–Trinajstić information content (AvgIpc) is 3.27. The van der Waals surface area contributed by atoms with E-state index >= 15 is 0 Å². The Hall–Kier alpha value is -0.890. The molecule has 0 N–H and O–H groups in total. The fourth-order valence-corrected chi connectivity index (χ4v) is 7.91. The number of rotatable bonds is 1. The maximum atomic E-state index is 6.44. The van der Waals surface area contributed by atoms with Gasteiger partial charge in [0.15, 0.2) is 0 Å². The summed E-state index contributed by atoms with van der Waals surface area (Å²) in [4.78, 5) is 4.48. The average molecular weight is 340 g/mol. The minimum absolute atomic E-state index is 0.0854. The highest BCUT2D eigenvalue weighted by atomic mass is 16.5. The Bertz CT molecular complexity index is 646. The molecule has 6 unspecified atom stereocenters. The standard InChI is InChI=1S/C23H33NO/c1-3-22-12-9-19-18-8-6-17(24-2)15-16(18)5-7-20(19)21(22)10-13-23(22)11-4-14-25-23/h4,11,15,18-21H,3,5-10,12-14H2,1-2H3. The molecule has 3 saturated carbocycles. The predicted molar refractivity (Wildman–Crippen MR) is 103 cm³/mol. The van der Waals surface area contributed by atoms with Crippen molar-refractivity contribution in [1.82, 2.24) is 0 Å². The topological polar surface area (TPSA) is 21.6 Å². The van der Waals surface area contributed by atoms with Crippen LogP contribution < -0.4 is 0 Å². The molecule has 1 aliphatic heterocycles. The highest BCUT2D eigenvalue weighted by Crippen LogP contribution is 2.68. The Morgan fingerprint density at radius 1 is 1.12 bits per heavy atom. The molecule has 136 valence electrons. The first-order chi connectivity index (χ1) is 12.2. The SMILES string of the molecule is CCC12CCC3C4CCC(=NC)C=C4CCC3C1CCC21C=CCO1. The van der Waals surface area contributed by atoms with Crippen molar-refractivity contribution >= 4 is 5.71 Å². The first-order valence-electron chi connectivity index (χ1n) is 10.7. The van der Waals surface area contributed by atoms with Crippen LogP contribution in [0.25, 0.3) is 0 Å². The van der Waals surface area contributed by atoms with Gasteiger partial charge in [-0.3, -0.25) is 4.99 Å². The van der Waals surface area contributed by atoms with Gasteiger partial charge >= 0.3 is 0 Å². The summed E-state index contributed by atoms with van der Waals surface area (Å²) >= 11 is 0. The van der Waals surface area contributed by atoms with Crippen molar-refractivity contribution in [2.45, 2.75) is 70.3 Å². The van der Waals surface area contributed by atoms with Gasteiger partial charge in [0.25, 0.3) is 0 Å². The van der Waals surface area contributed by atoms with Crippen molar-refractivity contribution in [2.24, 2.45) is 34.1 Å². The zero-order chi connectivity index (χ0) is 17.1. The summed E-state index contributed by atoms with van der Waals surface area (Å²) in [6.07, 6.45) is 19.3. The molecule has 1 spiro atoms. The van der Waals surface area contributed by atoms with E-state index in [1.807, 2.05) is 7.05 Å². The molecule has 0 saturated heterocycles. The van der Waals surface area contributed by atoms with E-state index in [1.54, 1.807) is 5.57 Å². The number of aliphatic imine (C=N–C) groups is 1. The molecule has 0 bridgehead atoms. The number of hydrogen-bond donors (Lipinski definition) is 0. The first kappa shape index (κ1) is 16.3. The Morgan fingerprint density at radius 3 is 2.80 bits per heavy atom. The summed E-state index contributed by atoms with van der Waals surface area (Å²) in [6, 6.07) is 0. The number of ether oxygens (including phenoxy) is 1. The van der Waals surface area contributed by atoms with Gasteiger partial charge in [0, 0.05) is 18.2 Å². The number of nitrogens with zero attached hydrogens (tertiary/aromatic N) is 1. The molecule has 5 aliphatic rings. The molecule has 0 radical (unpaired) electrons. The lowest BCUT2D eigenvalue weighted by molar-refractivity contribution is -0.122. The van der Waals surface area contributed by atoms with E-state index in [1.165, 1.54) is 63.5 Å². The van der Waals surface area contributed by atoms with Gasteiger partial charge in [0.2, 0.25) is 0 Å². The van der Waals surface area contributed by atoms with Gasteiger partial charge in [0.05, 0.1) is 12.2 Å². The molecule has 0 aromatic carbocycles. The van der Waals surface area contributed by atoms with Crippen LogP contribution in [-0.2, 0) is 4.74 Å². The molecule has 2 heteroatoms. The summed E-state index contributed by atoms with van der Waals surface area (Å²) in [5, 5.41) is 0. The molecule has 0 aromatic heterocycles. The normalized spacial score (nSPS) is 49.8. The largest absolute Gasteiger partial charge is 0.366 e. The fourth-order valence-electron chi connectivity index (χ4n) is 7.91. The van der Waals surface area contributed by atoms with Crippen molar-refractivity contribution in [3.8, 4) is 0 Å². The quantitative estimate of drug-likeness (QED) is 0.591. The van der Waals surface area contributed by atoms with Crippen LogP contribution >= 0.6 is 0 Å². The minimum Gasteiger partial charge on any atom is -0.366 e. The van der Waals surface area contributed by atoms with Crippen LogP contribution in [0, 0.1) is 29.1 Å². The second-order valence-electron chi connectivity index (χ2n) is 9.24. The van der Waals surface area contributed by atoms with Crippen molar-refractivity contribution in [3.63, 3.8) is 0 Å². The smallest absolute Gasteiger partial charge is 0.0926 e. The van der Waals surface area contributed by atoms with E-state index < -0.39 is 0 Å². The summed E-state index contributed by atoms with van der Waals surface area (Å²) in [5.74, 6) is 3.62. The Kier molecular flexibility index (Phi) is 3.78. The highest BCUT2D eigenvalue weighted by molar-refractivity contribution is 5.96. The van der Waals surface area contributed by atoms with Crippen LogP contribution in [0.2, 0.25) is 0 Å². The van der Waals surface area contributed by atoms with E-state index in [0.29, 0.717) is 5.41 Å². The van der Waals surface area contributed by atoms with E-state index in [4.69, 9.17) is 4.74 Å². The second-order valence-corrected chi connectivity index (χ2v) is 9.24. The van der Waals surface area contributed by atoms with Crippen LogP contribution in [-0.4, -0.2) is 25.0 Å². The van der Waals surface area contributed by atoms with E-state index in [0.717, 1.165) is 30.3 Å². The third-order valence-electron chi connectivity index (χ3n) is 8.94. The summed E-state index contributed by atoms with van der Waals surface area (Å²) in [6.45, 7) is 3.28. The number of fused-ring (bicyclic) bond motifs is 6. The Morgan fingerprint density at radius 2 is 2.04 bits per heavy atom. The van der Waals surface area contributed by atoms with Gasteiger partial charge in [-0.05, 0) is 87.5 Å². The molecule has 3 fully saturated rings. The van der Waals surface area contributed by atoms with E-state index in [2.05, 4.69) is 30.1 Å². The van der Waals surface area contributed by atoms with E-state index in [-0.39, 0.29) is 5.60 Å². The summed E-state index contributed by atoms with van der Waals surface area (Å²) in [7, 11) is 1.96. The van der Waals surface area contributed by atoms with Crippen LogP contribution in [0.5, 0.6) is 0 Å². The molecular weight excluding hydrogens is 306 g/mol. The summed E-state index contributed by atoms with van der Waals surface area (Å²) < 4.78 is 6.44. The third-order valence-corrected chi connectivity index (χ3v) is 8.94. The Labute approximate surface area is 152 Å². The van der Waals surface area contributed by atoms with Gasteiger partial charge in [-0.25, -0.2) is 0 Å². The van der Waals surface area contributed by atoms with Gasteiger partial charge in [-0.2, -0.15) is 0 Å². The van der Waals surface area contributed by atoms with E-state index in [9.17, 15) is 0 Å². The van der Waals surface area contributed by atoms with Gasteiger partial charge in [0.1, 0.15) is 0 Å². The maximum Gasteiger partial charge on any atom is 0.0926 e. The number of hydrogen-bond acceptors (Lipinski definition) is 2. The van der Waals surface area contributed by atoms with Crippen molar-refractivity contribution in [3.05, 3.63) is 23.8 Å². The first-order valence-corrected chi connectivity index (χ1v) is 10.7. The van der Waals surface area contributed by atoms with Gasteiger partial charge in [-0.15, -0.1) is 0 Å². The zero-order valence-corrected chi connectivity index (χ0v) is 16.0.